The molecule has 1 N–H and O–H groups in total. The summed E-state index contributed by atoms with van der Waals surface area (Å²) in [5, 5.41) is 18.5. The summed E-state index contributed by atoms with van der Waals surface area (Å²) in [4.78, 5) is 4.38. The molecule has 2 heterocycles. The zero-order chi connectivity index (χ0) is 28.1. The van der Waals surface area contributed by atoms with Crippen LogP contribution in [0.4, 0.5) is 13.2 Å². The molecule has 2 aromatic heterocycles. The molecule has 6 nitrogen and oxygen atoms in total. The Labute approximate surface area is 210 Å². The van der Waals surface area contributed by atoms with Crippen LogP contribution in [0.15, 0.2) is 59.1 Å². The molecule has 4 rings (SSSR count). The zero-order valence-corrected chi connectivity index (χ0v) is 20.7. The van der Waals surface area contributed by atoms with E-state index >= 15 is 0 Å². The van der Waals surface area contributed by atoms with Crippen LogP contribution in [-0.4, -0.2) is 37.8 Å². The van der Waals surface area contributed by atoms with E-state index in [4.69, 9.17) is 7.26 Å². The Hall–Kier alpha value is -3.46. The molecule has 0 aliphatic heterocycles. The van der Waals surface area contributed by atoms with Crippen molar-refractivity contribution in [3.8, 4) is 23.0 Å². The second-order valence-electron chi connectivity index (χ2n) is 9.89. The van der Waals surface area contributed by atoms with Crippen LogP contribution in [-0.2, 0) is 17.4 Å². The second-order valence-corrected chi connectivity index (χ2v) is 9.89. The molecular formula is C27H29F3N4O2. The minimum atomic E-state index is -4.38. The predicted octanol–water partition coefficient (Wildman–Crippen LogP) is 6.07. The van der Waals surface area contributed by atoms with E-state index in [1.54, 1.807) is 30.7 Å². The summed E-state index contributed by atoms with van der Waals surface area (Å²) >= 11 is 0. The highest BCUT2D eigenvalue weighted by Crippen LogP contribution is 2.40. The Morgan fingerprint density at radius 3 is 2.33 bits per heavy atom. The van der Waals surface area contributed by atoms with E-state index < -0.39 is 23.6 Å². The van der Waals surface area contributed by atoms with E-state index in [2.05, 4.69) is 15.2 Å². The summed E-state index contributed by atoms with van der Waals surface area (Å²) in [7, 11) is 0. The number of alkyl halides is 3. The summed E-state index contributed by atoms with van der Waals surface area (Å²) in [6.45, 7) is 5.41. The maximum absolute atomic E-state index is 13.4. The molecule has 0 saturated carbocycles. The van der Waals surface area contributed by atoms with Crippen LogP contribution < -0.4 is 0 Å². The summed E-state index contributed by atoms with van der Waals surface area (Å²) in [5.41, 5.74) is 0.325. The van der Waals surface area contributed by atoms with Crippen LogP contribution in [0, 0.1) is 6.92 Å². The van der Waals surface area contributed by atoms with E-state index in [9.17, 15) is 18.3 Å². The fraction of sp³-hybridized carbons (Fsp3) is 0.370. The molecule has 9 heteroatoms. The van der Waals surface area contributed by atoms with Crippen molar-refractivity contribution in [2.45, 2.75) is 58.2 Å². The summed E-state index contributed by atoms with van der Waals surface area (Å²) < 4.78 is 62.7. The van der Waals surface area contributed by atoms with Gasteiger partial charge < -0.3 is 9.63 Å². The summed E-state index contributed by atoms with van der Waals surface area (Å²) in [6, 6.07) is 15.0. The molecule has 190 valence electrons. The van der Waals surface area contributed by atoms with Crippen LogP contribution in [0.2, 0.25) is 0 Å². The first-order valence-electron chi connectivity index (χ1n) is 12.4. The SMILES string of the molecule is [2H]C([2H])(O)C(C)(C)c1cccc(Cn2nc(-c3nc(-c4ccc(C(C)(C)C(F)(F)F)cc4)no3)cc2C)c1. The minimum absolute atomic E-state index is 0.134. The lowest BCUT2D eigenvalue weighted by Crippen LogP contribution is -2.36. The van der Waals surface area contributed by atoms with Crippen molar-refractivity contribution in [1.82, 2.24) is 19.9 Å². The van der Waals surface area contributed by atoms with E-state index in [-0.39, 0.29) is 17.3 Å². The Kier molecular flexibility index (Phi) is 5.87. The average Bonchev–Trinajstić information content (AvgIpc) is 3.45. The second kappa shape index (κ2) is 9.20. The van der Waals surface area contributed by atoms with Gasteiger partial charge in [0.05, 0.1) is 21.3 Å². The molecule has 0 atom stereocenters. The Balaban J connectivity index is 1.55. The number of halogens is 3. The van der Waals surface area contributed by atoms with E-state index in [0.29, 0.717) is 23.4 Å². The monoisotopic (exact) mass is 500 g/mol. The molecule has 0 fully saturated rings. The lowest BCUT2D eigenvalue weighted by molar-refractivity contribution is -0.180. The average molecular weight is 501 g/mol. The highest BCUT2D eigenvalue weighted by atomic mass is 19.4. The Morgan fingerprint density at radius 1 is 1.00 bits per heavy atom. The van der Waals surface area contributed by atoms with Gasteiger partial charge in [-0.25, -0.2) is 0 Å². The molecule has 0 saturated heterocycles. The van der Waals surface area contributed by atoms with Crippen LogP contribution >= 0.6 is 0 Å². The van der Waals surface area contributed by atoms with Gasteiger partial charge in [0.2, 0.25) is 5.82 Å². The van der Waals surface area contributed by atoms with Crippen LogP contribution in [0.25, 0.3) is 23.0 Å². The lowest BCUT2D eigenvalue weighted by Gasteiger charge is -2.28. The molecule has 0 aliphatic rings. The van der Waals surface area contributed by atoms with Crippen molar-refractivity contribution >= 4 is 0 Å². The normalized spacial score (nSPS) is 14.0. The zero-order valence-electron chi connectivity index (χ0n) is 22.7. The molecule has 2 aromatic carbocycles. The maximum atomic E-state index is 13.4. The molecule has 0 bridgehead atoms. The van der Waals surface area contributed by atoms with Crippen molar-refractivity contribution in [1.29, 1.82) is 0 Å². The van der Waals surface area contributed by atoms with Crippen molar-refractivity contribution in [2.75, 3.05) is 6.56 Å². The van der Waals surface area contributed by atoms with Gasteiger partial charge in [0, 0.05) is 16.7 Å². The van der Waals surface area contributed by atoms with Gasteiger partial charge >= 0.3 is 6.18 Å². The first kappa shape index (κ1) is 23.0. The number of aliphatic hydroxyl groups is 1. The first-order valence-corrected chi connectivity index (χ1v) is 11.4. The van der Waals surface area contributed by atoms with Gasteiger partial charge in [-0.2, -0.15) is 23.3 Å². The van der Waals surface area contributed by atoms with Gasteiger partial charge in [0.15, 0.2) is 5.69 Å². The quantitative estimate of drug-likeness (QED) is 0.333. The summed E-state index contributed by atoms with van der Waals surface area (Å²) in [6.07, 6.45) is -4.38. The molecule has 0 spiro atoms. The third kappa shape index (κ3) is 4.93. The predicted molar refractivity (Wildman–Crippen MR) is 130 cm³/mol. The fourth-order valence-corrected chi connectivity index (χ4v) is 3.72. The molecule has 36 heavy (non-hydrogen) atoms. The molecular weight excluding hydrogens is 469 g/mol. The van der Waals surface area contributed by atoms with Gasteiger partial charge in [-0.3, -0.25) is 4.68 Å². The van der Waals surface area contributed by atoms with Crippen molar-refractivity contribution < 1.29 is 25.5 Å². The van der Waals surface area contributed by atoms with Gasteiger partial charge in [-0.05, 0) is 43.5 Å². The fourth-order valence-electron chi connectivity index (χ4n) is 3.72. The van der Waals surface area contributed by atoms with Crippen LogP contribution in [0.5, 0.6) is 0 Å². The van der Waals surface area contributed by atoms with Crippen molar-refractivity contribution in [2.24, 2.45) is 0 Å². The Bertz CT molecular complexity index is 1440. The highest BCUT2D eigenvalue weighted by molar-refractivity contribution is 5.58. The number of hydrogen-bond acceptors (Lipinski definition) is 5. The number of nitrogens with zero attached hydrogens (tertiary/aromatic N) is 4. The number of hydrogen-bond donors (Lipinski definition) is 1. The summed E-state index contributed by atoms with van der Waals surface area (Å²) in [5.74, 6) is 0.404. The number of aromatic nitrogens is 4. The molecule has 4 aromatic rings. The number of rotatable bonds is 7. The van der Waals surface area contributed by atoms with Gasteiger partial charge in [0.25, 0.3) is 5.89 Å². The van der Waals surface area contributed by atoms with E-state index in [0.717, 1.165) is 25.1 Å². The minimum Gasteiger partial charge on any atom is -0.395 e. The third-order valence-corrected chi connectivity index (χ3v) is 6.46. The largest absolute Gasteiger partial charge is 0.397 e. The maximum Gasteiger partial charge on any atom is 0.397 e. The standard InChI is InChI=1S/C27H29F3N4O2/c1-17-13-22(32-34(17)15-18-7-6-8-21(14-18)25(2,3)16-35)24-31-23(33-36-24)19-9-11-20(12-10-19)26(4,5)27(28,29)30/h6-14,35H,15-16H2,1-5H3/i16D2. The topological polar surface area (TPSA) is 77.0 Å². The Morgan fingerprint density at radius 2 is 1.69 bits per heavy atom. The lowest BCUT2D eigenvalue weighted by atomic mass is 9.83. The smallest absolute Gasteiger partial charge is 0.395 e. The van der Waals surface area contributed by atoms with E-state index in [1.807, 2.05) is 25.1 Å². The van der Waals surface area contributed by atoms with E-state index in [1.165, 1.54) is 24.3 Å². The molecule has 0 unspecified atom stereocenters. The van der Waals surface area contributed by atoms with Gasteiger partial charge in [-0.15, -0.1) is 0 Å². The molecule has 0 radical (unpaired) electrons. The van der Waals surface area contributed by atoms with Crippen molar-refractivity contribution in [3.63, 3.8) is 0 Å². The van der Waals surface area contributed by atoms with Crippen LogP contribution in [0.3, 0.4) is 0 Å². The number of benzene rings is 2. The highest BCUT2D eigenvalue weighted by Gasteiger charge is 2.48. The first-order chi connectivity index (χ1) is 17.5. The number of aryl methyl sites for hydroxylation is 1. The molecule has 0 amide bonds. The third-order valence-electron chi connectivity index (χ3n) is 6.46. The van der Waals surface area contributed by atoms with Gasteiger partial charge in [-0.1, -0.05) is 67.5 Å². The molecule has 0 aliphatic carbocycles. The van der Waals surface area contributed by atoms with Crippen LogP contribution in [0.1, 0.15) is 52.8 Å². The van der Waals surface area contributed by atoms with Gasteiger partial charge in [0.1, 0.15) is 0 Å². The van der Waals surface area contributed by atoms with Crippen molar-refractivity contribution in [3.05, 3.63) is 77.0 Å².